The van der Waals surface area contributed by atoms with Crippen LogP contribution < -0.4 is 0 Å². The second-order valence-electron chi connectivity index (χ2n) is 7.96. The van der Waals surface area contributed by atoms with Gasteiger partial charge in [0.05, 0.1) is 4.91 Å². The zero-order chi connectivity index (χ0) is 21.4. The summed E-state index contributed by atoms with van der Waals surface area (Å²) >= 11 is 4.48. The molecular formula is C22H24BrN3O3S. The lowest BCUT2D eigenvalue weighted by Gasteiger charge is -2.27. The van der Waals surface area contributed by atoms with Gasteiger partial charge in [0.1, 0.15) is 6.54 Å². The zero-order valence-electron chi connectivity index (χ0n) is 17.1. The number of imide groups is 1. The summed E-state index contributed by atoms with van der Waals surface area (Å²) in [6.45, 7) is 5.56. The van der Waals surface area contributed by atoms with E-state index in [2.05, 4.69) is 15.9 Å². The van der Waals surface area contributed by atoms with Gasteiger partial charge in [0.2, 0.25) is 5.91 Å². The second kappa shape index (κ2) is 8.59. The van der Waals surface area contributed by atoms with Crippen molar-refractivity contribution >= 4 is 61.7 Å². The van der Waals surface area contributed by atoms with Crippen LogP contribution in [0.1, 0.15) is 38.7 Å². The molecule has 3 heterocycles. The number of fused-ring (bicyclic) bond motifs is 1. The first kappa shape index (κ1) is 21.2. The molecule has 4 rings (SSSR count). The lowest BCUT2D eigenvalue weighted by molar-refractivity contribution is -0.132. The van der Waals surface area contributed by atoms with Crippen molar-refractivity contribution in [3.63, 3.8) is 0 Å². The molecule has 1 aromatic heterocycles. The lowest BCUT2D eigenvalue weighted by Crippen LogP contribution is -2.37. The summed E-state index contributed by atoms with van der Waals surface area (Å²) < 4.78 is 2.86. The second-order valence-corrected chi connectivity index (χ2v) is 9.87. The number of piperidine rings is 1. The molecule has 0 bridgehead atoms. The van der Waals surface area contributed by atoms with E-state index >= 15 is 0 Å². The molecule has 2 fully saturated rings. The van der Waals surface area contributed by atoms with E-state index < -0.39 is 0 Å². The predicted molar refractivity (Wildman–Crippen MR) is 123 cm³/mol. The van der Waals surface area contributed by atoms with E-state index in [1.165, 1.54) is 11.3 Å². The van der Waals surface area contributed by atoms with Crippen molar-refractivity contribution in [2.75, 3.05) is 13.1 Å². The van der Waals surface area contributed by atoms with Gasteiger partial charge >= 0.3 is 0 Å². The third kappa shape index (κ3) is 4.07. The van der Waals surface area contributed by atoms with Crippen molar-refractivity contribution in [2.24, 2.45) is 0 Å². The van der Waals surface area contributed by atoms with Gasteiger partial charge < -0.3 is 9.47 Å². The molecule has 6 nitrogen and oxygen atoms in total. The maximum atomic E-state index is 12.8. The van der Waals surface area contributed by atoms with Gasteiger partial charge in [0.25, 0.3) is 11.1 Å². The van der Waals surface area contributed by atoms with Crippen LogP contribution in [0.25, 0.3) is 17.0 Å². The van der Waals surface area contributed by atoms with Crippen molar-refractivity contribution in [2.45, 2.75) is 45.7 Å². The van der Waals surface area contributed by atoms with E-state index in [4.69, 9.17) is 0 Å². The Bertz CT molecular complexity index is 1050. The van der Waals surface area contributed by atoms with E-state index in [0.717, 1.165) is 58.6 Å². The van der Waals surface area contributed by atoms with Crippen LogP contribution in [0.4, 0.5) is 4.79 Å². The van der Waals surface area contributed by atoms with E-state index in [9.17, 15) is 14.4 Å². The lowest BCUT2D eigenvalue weighted by atomic mass is 10.1. The van der Waals surface area contributed by atoms with Crippen molar-refractivity contribution in [1.29, 1.82) is 0 Å². The molecule has 158 valence electrons. The molecule has 2 aromatic rings. The molecule has 2 aliphatic rings. The number of thioether (sulfide) groups is 1. The van der Waals surface area contributed by atoms with Crippen LogP contribution in [-0.2, 0) is 16.1 Å². The number of carbonyl (C=O) groups is 3. The average molecular weight is 490 g/mol. The highest BCUT2D eigenvalue weighted by molar-refractivity contribution is 9.10. The first-order valence-electron chi connectivity index (χ1n) is 10.2. The van der Waals surface area contributed by atoms with Crippen LogP contribution >= 0.6 is 27.7 Å². The van der Waals surface area contributed by atoms with E-state index in [1.807, 2.05) is 47.7 Å². The molecule has 0 saturated carbocycles. The van der Waals surface area contributed by atoms with Gasteiger partial charge in [-0.05, 0) is 69.1 Å². The van der Waals surface area contributed by atoms with E-state index in [1.54, 1.807) is 6.08 Å². The molecule has 0 N–H and O–H groups in total. The number of rotatable bonds is 4. The van der Waals surface area contributed by atoms with Crippen molar-refractivity contribution in [1.82, 2.24) is 14.4 Å². The average Bonchev–Trinajstić information content (AvgIpc) is 3.18. The standard InChI is InChI=1S/C22H24BrN3O3S/c1-14(2)26-21(28)19(30-22(26)29)10-15-12-25(18-7-6-16(23)11-17(15)18)13-20(27)24-8-4-3-5-9-24/h6-7,10-12,14H,3-5,8-9,13H2,1-2H3/b19-10-. The molecule has 30 heavy (non-hydrogen) atoms. The number of nitrogens with zero attached hydrogens (tertiary/aromatic N) is 3. The first-order valence-corrected chi connectivity index (χ1v) is 11.8. The quantitative estimate of drug-likeness (QED) is 0.575. The van der Waals surface area contributed by atoms with Gasteiger partial charge in [-0.15, -0.1) is 0 Å². The summed E-state index contributed by atoms with van der Waals surface area (Å²) in [4.78, 5) is 41.4. The molecule has 0 radical (unpaired) electrons. The Kier molecular flexibility index (Phi) is 6.06. The van der Waals surface area contributed by atoms with Gasteiger partial charge in [-0.25, -0.2) is 0 Å². The van der Waals surface area contributed by atoms with Crippen LogP contribution in [0.15, 0.2) is 33.8 Å². The molecule has 2 saturated heterocycles. The Morgan fingerprint density at radius 3 is 2.60 bits per heavy atom. The molecule has 3 amide bonds. The first-order chi connectivity index (χ1) is 14.3. The number of carbonyl (C=O) groups excluding carboxylic acids is 3. The van der Waals surface area contributed by atoms with Crippen molar-refractivity contribution < 1.29 is 14.4 Å². The third-order valence-corrected chi connectivity index (χ3v) is 6.89. The largest absolute Gasteiger partial charge is 0.341 e. The topological polar surface area (TPSA) is 62.6 Å². The monoisotopic (exact) mass is 489 g/mol. The molecule has 1 aromatic carbocycles. The molecule has 0 atom stereocenters. The Labute approximate surface area is 188 Å². The summed E-state index contributed by atoms with van der Waals surface area (Å²) in [7, 11) is 0. The Balaban J connectivity index is 1.69. The summed E-state index contributed by atoms with van der Waals surface area (Å²) in [6.07, 6.45) is 6.97. The number of amides is 3. The summed E-state index contributed by atoms with van der Waals surface area (Å²) in [5.41, 5.74) is 1.75. The maximum Gasteiger partial charge on any atom is 0.293 e. The summed E-state index contributed by atoms with van der Waals surface area (Å²) in [5.74, 6) is -0.151. The maximum absolute atomic E-state index is 12.8. The van der Waals surface area contributed by atoms with Gasteiger partial charge in [-0.1, -0.05) is 15.9 Å². The normalized spacial score (nSPS) is 19.0. The van der Waals surface area contributed by atoms with E-state index in [0.29, 0.717) is 4.91 Å². The van der Waals surface area contributed by atoms with Gasteiger partial charge in [-0.2, -0.15) is 0 Å². The molecule has 0 aliphatic carbocycles. The van der Waals surface area contributed by atoms with Gasteiger partial charge in [0.15, 0.2) is 0 Å². The minimum absolute atomic E-state index is 0.112. The number of likely N-dealkylation sites (tertiary alicyclic amines) is 1. The highest BCUT2D eigenvalue weighted by atomic mass is 79.9. The fraction of sp³-hybridized carbons (Fsp3) is 0.409. The van der Waals surface area contributed by atoms with E-state index in [-0.39, 0.29) is 29.6 Å². The molecule has 0 spiro atoms. The third-order valence-electron chi connectivity index (χ3n) is 5.51. The van der Waals surface area contributed by atoms with Crippen LogP contribution in [0, 0.1) is 0 Å². The van der Waals surface area contributed by atoms with Gasteiger partial charge in [-0.3, -0.25) is 19.3 Å². The van der Waals surface area contributed by atoms with Crippen LogP contribution in [0.5, 0.6) is 0 Å². The highest BCUT2D eigenvalue weighted by Gasteiger charge is 2.36. The Morgan fingerprint density at radius 2 is 1.93 bits per heavy atom. The summed E-state index contributed by atoms with van der Waals surface area (Å²) in [6, 6.07) is 5.72. The Hall–Kier alpha value is -2.06. The Morgan fingerprint density at radius 1 is 1.20 bits per heavy atom. The van der Waals surface area contributed by atoms with Crippen molar-refractivity contribution in [3.8, 4) is 0 Å². The van der Waals surface area contributed by atoms with Crippen LogP contribution in [0.3, 0.4) is 0 Å². The zero-order valence-corrected chi connectivity index (χ0v) is 19.5. The molecule has 8 heteroatoms. The van der Waals surface area contributed by atoms with Gasteiger partial charge in [0, 0.05) is 46.3 Å². The predicted octanol–water partition coefficient (Wildman–Crippen LogP) is 4.86. The molecule has 0 unspecified atom stereocenters. The number of aromatic nitrogens is 1. The highest BCUT2D eigenvalue weighted by Crippen LogP contribution is 2.35. The van der Waals surface area contributed by atoms with Crippen LogP contribution in [0.2, 0.25) is 0 Å². The smallest absolute Gasteiger partial charge is 0.293 e. The fourth-order valence-electron chi connectivity index (χ4n) is 4.00. The van der Waals surface area contributed by atoms with Crippen molar-refractivity contribution in [3.05, 3.63) is 39.3 Å². The fourth-order valence-corrected chi connectivity index (χ4v) is 5.31. The minimum Gasteiger partial charge on any atom is -0.341 e. The molecule has 2 aliphatic heterocycles. The molecular weight excluding hydrogens is 466 g/mol. The van der Waals surface area contributed by atoms with Crippen LogP contribution in [-0.4, -0.2) is 50.6 Å². The number of benzene rings is 1. The number of hydrogen-bond donors (Lipinski definition) is 0. The number of hydrogen-bond acceptors (Lipinski definition) is 4. The SMILES string of the molecule is CC(C)N1C(=O)S/C(=C\c2cn(CC(=O)N3CCCCC3)c3ccc(Br)cc23)C1=O. The minimum atomic E-state index is -0.264. The summed E-state index contributed by atoms with van der Waals surface area (Å²) in [5, 5.41) is 0.693. The number of halogens is 1.